The van der Waals surface area contributed by atoms with E-state index in [9.17, 15) is 4.79 Å². The summed E-state index contributed by atoms with van der Waals surface area (Å²) < 4.78 is 4.97. The molecule has 1 heterocycles. The summed E-state index contributed by atoms with van der Waals surface area (Å²) in [7, 11) is 1.59. The predicted molar refractivity (Wildman–Crippen MR) is 68.3 cm³/mol. The van der Waals surface area contributed by atoms with Crippen molar-refractivity contribution in [2.24, 2.45) is 5.73 Å². The van der Waals surface area contributed by atoms with Crippen molar-refractivity contribution in [2.45, 2.75) is 0 Å². The van der Waals surface area contributed by atoms with Crippen molar-refractivity contribution < 1.29 is 14.6 Å². The Kier molecular flexibility index (Phi) is 5.34. The maximum absolute atomic E-state index is 11.2. The van der Waals surface area contributed by atoms with Gasteiger partial charge in [0.1, 0.15) is 5.82 Å². The Bertz CT molecular complexity index is 411. The highest BCUT2D eigenvalue weighted by Gasteiger charge is 2.12. The van der Waals surface area contributed by atoms with Gasteiger partial charge in [-0.3, -0.25) is 4.79 Å². The predicted octanol–water partition coefficient (Wildman–Crippen LogP) is -0.792. The lowest BCUT2D eigenvalue weighted by Gasteiger charge is -2.22. The van der Waals surface area contributed by atoms with Gasteiger partial charge < -0.3 is 26.2 Å². The monoisotopic (exact) mass is 254 g/mol. The number of aliphatic hydroxyl groups excluding tert-OH is 1. The van der Waals surface area contributed by atoms with Gasteiger partial charge in [0.05, 0.1) is 30.7 Å². The third kappa shape index (κ3) is 3.57. The maximum atomic E-state index is 11.2. The van der Waals surface area contributed by atoms with Crippen LogP contribution in [0, 0.1) is 0 Å². The van der Waals surface area contributed by atoms with Crippen LogP contribution >= 0.6 is 0 Å². The van der Waals surface area contributed by atoms with Crippen molar-refractivity contribution in [3.05, 3.63) is 17.8 Å². The van der Waals surface area contributed by atoms with Gasteiger partial charge in [0.2, 0.25) is 0 Å². The number of hydrogen-bond donors (Lipinski definition) is 3. The first kappa shape index (κ1) is 14.2. The molecule has 18 heavy (non-hydrogen) atoms. The van der Waals surface area contributed by atoms with E-state index in [0.29, 0.717) is 25.5 Å². The second-order valence-electron chi connectivity index (χ2n) is 3.70. The molecule has 7 heteroatoms. The molecule has 0 aliphatic rings. The SMILES string of the molecule is COCCN(CCO)c1cc(C(N)=O)c(N)cn1. The highest BCUT2D eigenvalue weighted by atomic mass is 16.5. The normalized spacial score (nSPS) is 10.3. The molecule has 0 saturated carbocycles. The molecule has 0 fully saturated rings. The minimum absolute atomic E-state index is 0.0261. The minimum Gasteiger partial charge on any atom is -0.397 e. The van der Waals surface area contributed by atoms with Crippen LogP contribution in [0.5, 0.6) is 0 Å². The molecule has 0 spiro atoms. The van der Waals surface area contributed by atoms with Gasteiger partial charge in [0.25, 0.3) is 5.91 Å². The van der Waals surface area contributed by atoms with Crippen LogP contribution in [-0.4, -0.2) is 49.4 Å². The van der Waals surface area contributed by atoms with E-state index in [1.165, 1.54) is 12.3 Å². The van der Waals surface area contributed by atoms with Crippen LogP contribution in [0.1, 0.15) is 10.4 Å². The van der Waals surface area contributed by atoms with Gasteiger partial charge in [-0.15, -0.1) is 0 Å². The topological polar surface area (TPSA) is 115 Å². The number of rotatable bonds is 7. The minimum atomic E-state index is -0.605. The number of methoxy groups -OCH3 is 1. The number of primary amides is 1. The zero-order chi connectivity index (χ0) is 13.5. The Morgan fingerprint density at radius 2 is 2.28 bits per heavy atom. The van der Waals surface area contributed by atoms with E-state index in [1.807, 2.05) is 0 Å². The van der Waals surface area contributed by atoms with E-state index in [4.69, 9.17) is 21.3 Å². The summed E-state index contributed by atoms with van der Waals surface area (Å²) in [6, 6.07) is 1.52. The van der Waals surface area contributed by atoms with Crippen molar-refractivity contribution >= 4 is 17.4 Å². The number of aromatic nitrogens is 1. The Balaban J connectivity index is 2.97. The van der Waals surface area contributed by atoms with Gasteiger partial charge in [0.15, 0.2) is 0 Å². The number of nitrogens with zero attached hydrogens (tertiary/aromatic N) is 2. The Morgan fingerprint density at radius 1 is 1.56 bits per heavy atom. The van der Waals surface area contributed by atoms with E-state index in [1.54, 1.807) is 12.0 Å². The third-order valence-electron chi connectivity index (χ3n) is 2.45. The van der Waals surface area contributed by atoms with Crippen LogP contribution in [0.2, 0.25) is 0 Å². The molecule has 100 valence electrons. The first-order valence-corrected chi connectivity index (χ1v) is 5.50. The number of ether oxygens (including phenoxy) is 1. The molecule has 0 aliphatic heterocycles. The molecule has 1 rings (SSSR count). The quantitative estimate of drug-likeness (QED) is 0.587. The highest BCUT2D eigenvalue weighted by Crippen LogP contribution is 2.17. The lowest BCUT2D eigenvalue weighted by molar-refractivity contribution is 0.100. The molecule has 0 unspecified atom stereocenters. The maximum Gasteiger partial charge on any atom is 0.250 e. The fourth-order valence-corrected chi connectivity index (χ4v) is 1.50. The summed E-state index contributed by atoms with van der Waals surface area (Å²) in [5.41, 5.74) is 11.3. The second-order valence-corrected chi connectivity index (χ2v) is 3.70. The van der Waals surface area contributed by atoms with Crippen LogP contribution in [0.4, 0.5) is 11.5 Å². The number of carbonyl (C=O) groups is 1. The molecule has 0 aromatic carbocycles. The fourth-order valence-electron chi connectivity index (χ4n) is 1.50. The molecule has 1 aromatic rings. The van der Waals surface area contributed by atoms with Crippen molar-refractivity contribution in [3.63, 3.8) is 0 Å². The van der Waals surface area contributed by atoms with Crippen molar-refractivity contribution in [3.8, 4) is 0 Å². The molecule has 5 N–H and O–H groups in total. The molecular weight excluding hydrogens is 236 g/mol. The van der Waals surface area contributed by atoms with Gasteiger partial charge in [-0.25, -0.2) is 4.98 Å². The first-order valence-electron chi connectivity index (χ1n) is 5.50. The molecule has 0 bridgehead atoms. The number of pyridine rings is 1. The Labute approximate surface area is 105 Å². The number of nitrogens with two attached hydrogens (primary N) is 2. The summed E-state index contributed by atoms with van der Waals surface area (Å²) >= 11 is 0. The van der Waals surface area contributed by atoms with Gasteiger partial charge in [-0.2, -0.15) is 0 Å². The molecule has 1 aromatic heterocycles. The average molecular weight is 254 g/mol. The Hall–Kier alpha value is -1.86. The van der Waals surface area contributed by atoms with Gasteiger partial charge in [0, 0.05) is 20.2 Å². The summed E-state index contributed by atoms with van der Waals surface area (Å²) in [5, 5.41) is 9.00. The summed E-state index contributed by atoms with van der Waals surface area (Å²) in [6.07, 6.45) is 1.38. The average Bonchev–Trinajstić information content (AvgIpc) is 2.35. The lowest BCUT2D eigenvalue weighted by Crippen LogP contribution is -2.31. The second kappa shape index (κ2) is 6.77. The molecule has 1 amide bonds. The lowest BCUT2D eigenvalue weighted by atomic mass is 10.2. The standard InChI is InChI=1S/C11H18N4O3/c1-18-5-3-15(2-4-16)10-6-8(11(13)17)9(12)7-14-10/h6-7,16H,2-5,12H2,1H3,(H2,13,17). The van der Waals surface area contributed by atoms with Crippen LogP contribution < -0.4 is 16.4 Å². The summed E-state index contributed by atoms with van der Waals surface area (Å²) in [4.78, 5) is 17.1. The largest absolute Gasteiger partial charge is 0.397 e. The van der Waals surface area contributed by atoms with E-state index < -0.39 is 5.91 Å². The van der Waals surface area contributed by atoms with Crippen molar-refractivity contribution in [1.29, 1.82) is 0 Å². The van der Waals surface area contributed by atoms with Crippen molar-refractivity contribution in [1.82, 2.24) is 4.98 Å². The van der Waals surface area contributed by atoms with E-state index in [2.05, 4.69) is 4.98 Å². The summed E-state index contributed by atoms with van der Waals surface area (Å²) in [6.45, 7) is 1.39. The van der Waals surface area contributed by atoms with E-state index in [-0.39, 0.29) is 17.9 Å². The zero-order valence-corrected chi connectivity index (χ0v) is 10.3. The number of aliphatic hydroxyl groups is 1. The van der Waals surface area contributed by atoms with Gasteiger partial charge in [-0.1, -0.05) is 0 Å². The van der Waals surface area contributed by atoms with E-state index in [0.717, 1.165) is 0 Å². The van der Waals surface area contributed by atoms with Crippen molar-refractivity contribution in [2.75, 3.05) is 44.0 Å². The summed E-state index contributed by atoms with van der Waals surface area (Å²) in [5.74, 6) is -0.0732. The molecular formula is C11H18N4O3. The van der Waals surface area contributed by atoms with E-state index >= 15 is 0 Å². The Morgan fingerprint density at radius 3 is 2.83 bits per heavy atom. The molecule has 0 radical (unpaired) electrons. The van der Waals surface area contributed by atoms with Crippen LogP contribution in [0.3, 0.4) is 0 Å². The van der Waals surface area contributed by atoms with Crippen LogP contribution in [0.25, 0.3) is 0 Å². The van der Waals surface area contributed by atoms with Crippen LogP contribution in [-0.2, 0) is 4.74 Å². The smallest absolute Gasteiger partial charge is 0.250 e. The number of amides is 1. The number of carbonyl (C=O) groups excluding carboxylic acids is 1. The highest BCUT2D eigenvalue weighted by molar-refractivity contribution is 5.98. The molecule has 0 atom stereocenters. The fraction of sp³-hybridized carbons (Fsp3) is 0.455. The molecule has 0 aliphatic carbocycles. The third-order valence-corrected chi connectivity index (χ3v) is 2.45. The number of hydrogen-bond acceptors (Lipinski definition) is 6. The zero-order valence-electron chi connectivity index (χ0n) is 10.3. The number of nitrogen functional groups attached to an aromatic ring is 1. The first-order chi connectivity index (χ1) is 8.60. The van der Waals surface area contributed by atoms with Gasteiger partial charge >= 0.3 is 0 Å². The van der Waals surface area contributed by atoms with Crippen LogP contribution in [0.15, 0.2) is 12.3 Å². The van der Waals surface area contributed by atoms with Gasteiger partial charge in [-0.05, 0) is 6.07 Å². The number of anilines is 2. The molecule has 0 saturated heterocycles. The molecule has 7 nitrogen and oxygen atoms in total.